The molecule has 0 aliphatic heterocycles. The summed E-state index contributed by atoms with van der Waals surface area (Å²) in [5.74, 6) is 0. The van der Waals surface area contributed by atoms with E-state index in [1.165, 1.54) is 27.1 Å². The molecule has 1 aromatic carbocycles. The van der Waals surface area contributed by atoms with Crippen molar-refractivity contribution in [3.63, 3.8) is 0 Å². The molecule has 90 valence electrons. The predicted octanol–water partition coefficient (Wildman–Crippen LogP) is 3.31. The second-order valence-corrected chi connectivity index (χ2v) is 5.56. The first kappa shape index (κ1) is 12.3. The second kappa shape index (κ2) is 4.98. The minimum atomic E-state index is 0.0658. The van der Waals surface area contributed by atoms with E-state index >= 15 is 0 Å². The summed E-state index contributed by atoms with van der Waals surface area (Å²) in [6.45, 7) is 6.40. The van der Waals surface area contributed by atoms with Gasteiger partial charge < -0.3 is 5.73 Å². The average Bonchev–Trinajstić information content (AvgIpc) is 2.68. The minimum Gasteiger partial charge on any atom is -0.324 e. The highest BCUT2D eigenvalue weighted by atomic mass is 32.1. The van der Waals surface area contributed by atoms with E-state index in [-0.39, 0.29) is 6.04 Å². The summed E-state index contributed by atoms with van der Waals surface area (Å²) in [6, 6.07) is 4.47. The van der Waals surface area contributed by atoms with Crippen LogP contribution in [-0.4, -0.2) is 4.98 Å². The summed E-state index contributed by atoms with van der Waals surface area (Å²) in [6.07, 6.45) is 2.78. The lowest BCUT2D eigenvalue weighted by Crippen LogP contribution is -2.15. The van der Waals surface area contributed by atoms with Gasteiger partial charge >= 0.3 is 0 Å². The molecular weight excluding hydrogens is 228 g/mol. The van der Waals surface area contributed by atoms with Crippen molar-refractivity contribution in [2.45, 2.75) is 33.2 Å². The van der Waals surface area contributed by atoms with Crippen molar-refractivity contribution in [3.8, 4) is 0 Å². The van der Waals surface area contributed by atoms with Crippen molar-refractivity contribution < 1.29 is 0 Å². The van der Waals surface area contributed by atoms with E-state index in [2.05, 4.69) is 37.9 Å². The molecule has 2 N–H and O–H groups in total. The highest BCUT2D eigenvalue weighted by Gasteiger charge is 2.13. The van der Waals surface area contributed by atoms with Crippen LogP contribution in [0.25, 0.3) is 0 Å². The normalized spacial score (nSPS) is 12.7. The van der Waals surface area contributed by atoms with Gasteiger partial charge in [0.2, 0.25) is 0 Å². The lowest BCUT2D eigenvalue weighted by Gasteiger charge is -2.17. The van der Waals surface area contributed by atoms with Crippen molar-refractivity contribution in [3.05, 3.63) is 51.0 Å². The van der Waals surface area contributed by atoms with Crippen LogP contribution in [0, 0.1) is 20.8 Å². The number of aryl methyl sites for hydroxylation is 3. The molecule has 1 unspecified atom stereocenters. The van der Waals surface area contributed by atoms with Crippen LogP contribution in [0.2, 0.25) is 0 Å². The van der Waals surface area contributed by atoms with Crippen LogP contribution in [0.3, 0.4) is 0 Å². The van der Waals surface area contributed by atoms with Gasteiger partial charge in [0.05, 0.1) is 5.51 Å². The molecule has 2 rings (SSSR count). The summed E-state index contributed by atoms with van der Waals surface area (Å²) >= 11 is 1.67. The molecular formula is C14H18N2S. The van der Waals surface area contributed by atoms with E-state index in [1.54, 1.807) is 11.3 Å². The van der Waals surface area contributed by atoms with Crippen molar-refractivity contribution in [2.24, 2.45) is 5.73 Å². The lowest BCUT2D eigenvalue weighted by atomic mass is 9.93. The van der Waals surface area contributed by atoms with Gasteiger partial charge in [-0.05, 0) is 37.5 Å². The van der Waals surface area contributed by atoms with Gasteiger partial charge in [0.25, 0.3) is 0 Å². The zero-order chi connectivity index (χ0) is 12.4. The lowest BCUT2D eigenvalue weighted by molar-refractivity contribution is 0.717. The summed E-state index contributed by atoms with van der Waals surface area (Å²) in [4.78, 5) is 5.34. The fourth-order valence-electron chi connectivity index (χ4n) is 2.44. The van der Waals surface area contributed by atoms with E-state index in [0.29, 0.717) is 0 Å². The largest absolute Gasteiger partial charge is 0.324 e. The molecule has 0 saturated carbocycles. The molecule has 0 spiro atoms. The van der Waals surface area contributed by atoms with Crippen LogP contribution in [-0.2, 0) is 6.42 Å². The zero-order valence-corrected chi connectivity index (χ0v) is 11.3. The smallest absolute Gasteiger partial charge is 0.0794 e. The number of aromatic nitrogens is 1. The monoisotopic (exact) mass is 246 g/mol. The molecule has 1 atom stereocenters. The first-order valence-electron chi connectivity index (χ1n) is 5.78. The molecule has 0 bridgehead atoms. The quantitative estimate of drug-likeness (QED) is 0.902. The third-order valence-corrected chi connectivity index (χ3v) is 3.82. The summed E-state index contributed by atoms with van der Waals surface area (Å²) < 4.78 is 0. The second-order valence-electron chi connectivity index (χ2n) is 4.59. The molecule has 1 aromatic heterocycles. The van der Waals surface area contributed by atoms with Gasteiger partial charge in [-0.25, -0.2) is 0 Å². The van der Waals surface area contributed by atoms with Gasteiger partial charge in [0.15, 0.2) is 0 Å². The molecule has 2 aromatic rings. The molecule has 0 amide bonds. The van der Waals surface area contributed by atoms with E-state index < -0.39 is 0 Å². The van der Waals surface area contributed by atoms with Gasteiger partial charge in [-0.3, -0.25) is 4.98 Å². The number of benzene rings is 1. The maximum absolute atomic E-state index is 6.32. The number of hydrogen-bond acceptors (Lipinski definition) is 3. The van der Waals surface area contributed by atoms with Gasteiger partial charge in [-0.1, -0.05) is 17.7 Å². The molecule has 2 nitrogen and oxygen atoms in total. The van der Waals surface area contributed by atoms with E-state index in [0.717, 1.165) is 6.42 Å². The third-order valence-electron chi connectivity index (χ3n) is 3.01. The third kappa shape index (κ3) is 2.73. The van der Waals surface area contributed by atoms with Crippen LogP contribution in [0.1, 0.15) is 33.2 Å². The molecule has 3 heteroatoms. The number of rotatable bonds is 3. The molecule has 17 heavy (non-hydrogen) atoms. The predicted molar refractivity (Wildman–Crippen MR) is 73.4 cm³/mol. The minimum absolute atomic E-state index is 0.0658. The maximum Gasteiger partial charge on any atom is 0.0794 e. The Morgan fingerprint density at radius 1 is 1.24 bits per heavy atom. The Morgan fingerprint density at radius 3 is 2.41 bits per heavy atom. The van der Waals surface area contributed by atoms with Crippen LogP contribution in [0.5, 0.6) is 0 Å². The molecule has 0 fully saturated rings. The highest BCUT2D eigenvalue weighted by Crippen LogP contribution is 2.25. The van der Waals surface area contributed by atoms with E-state index in [4.69, 9.17) is 5.73 Å². The molecule has 0 radical (unpaired) electrons. The van der Waals surface area contributed by atoms with Crippen LogP contribution < -0.4 is 5.73 Å². The Kier molecular flexibility index (Phi) is 3.60. The Bertz CT molecular complexity index is 480. The fourth-order valence-corrected chi connectivity index (χ4v) is 3.09. The maximum atomic E-state index is 6.32. The Hall–Kier alpha value is -1.19. The first-order chi connectivity index (χ1) is 8.08. The van der Waals surface area contributed by atoms with Crippen LogP contribution in [0.4, 0.5) is 0 Å². The number of hydrogen-bond donors (Lipinski definition) is 1. The fraction of sp³-hybridized carbons (Fsp3) is 0.357. The van der Waals surface area contributed by atoms with Crippen LogP contribution >= 0.6 is 11.3 Å². The average molecular weight is 246 g/mol. The van der Waals surface area contributed by atoms with Gasteiger partial charge in [0.1, 0.15) is 0 Å². The SMILES string of the molecule is Cc1cc(C)c(C(N)Cc2cncs2)c(C)c1. The standard InChI is InChI=1S/C14H18N2S/c1-9-4-10(2)14(11(3)5-9)13(15)6-12-7-16-8-17-12/h4-5,7-8,13H,6,15H2,1-3H3. The number of nitrogens with two attached hydrogens (primary N) is 1. The zero-order valence-electron chi connectivity index (χ0n) is 10.5. The number of thiazole rings is 1. The summed E-state index contributed by atoms with van der Waals surface area (Å²) in [5, 5.41) is 0. The van der Waals surface area contributed by atoms with E-state index in [9.17, 15) is 0 Å². The van der Waals surface area contributed by atoms with Crippen molar-refractivity contribution in [2.75, 3.05) is 0 Å². The van der Waals surface area contributed by atoms with Crippen LogP contribution in [0.15, 0.2) is 23.8 Å². The Labute approximate surface area is 107 Å². The van der Waals surface area contributed by atoms with Crippen molar-refractivity contribution in [1.82, 2.24) is 4.98 Å². The number of nitrogens with zero attached hydrogens (tertiary/aromatic N) is 1. The van der Waals surface area contributed by atoms with Gasteiger partial charge in [-0.2, -0.15) is 0 Å². The summed E-state index contributed by atoms with van der Waals surface area (Å²) in [7, 11) is 0. The highest BCUT2D eigenvalue weighted by molar-refractivity contribution is 7.09. The first-order valence-corrected chi connectivity index (χ1v) is 6.66. The van der Waals surface area contributed by atoms with E-state index in [1.807, 2.05) is 11.7 Å². The molecule has 0 saturated heterocycles. The Morgan fingerprint density at radius 2 is 1.88 bits per heavy atom. The van der Waals surface area contributed by atoms with Gasteiger partial charge in [0, 0.05) is 23.5 Å². The molecule has 0 aliphatic carbocycles. The van der Waals surface area contributed by atoms with Gasteiger partial charge in [-0.15, -0.1) is 11.3 Å². The summed E-state index contributed by atoms with van der Waals surface area (Å²) in [5.41, 5.74) is 13.3. The van der Waals surface area contributed by atoms with Crippen molar-refractivity contribution >= 4 is 11.3 Å². The topological polar surface area (TPSA) is 38.9 Å². The Balaban J connectivity index is 2.27. The van der Waals surface area contributed by atoms with Crippen molar-refractivity contribution in [1.29, 1.82) is 0 Å². The molecule has 1 heterocycles. The molecule has 0 aliphatic rings.